The summed E-state index contributed by atoms with van der Waals surface area (Å²) in [5, 5.41) is 13.9. The van der Waals surface area contributed by atoms with Gasteiger partial charge in [-0.1, -0.05) is 0 Å². The predicted octanol–water partition coefficient (Wildman–Crippen LogP) is 3.71. The van der Waals surface area contributed by atoms with E-state index in [0.717, 1.165) is 41.1 Å². The molecule has 0 N–H and O–H groups in total. The molecule has 0 spiro atoms. The first-order chi connectivity index (χ1) is 12.8. The third-order valence-corrected chi connectivity index (χ3v) is 7.17. The van der Waals surface area contributed by atoms with Crippen LogP contribution in [-0.2, 0) is 9.84 Å². The van der Waals surface area contributed by atoms with Gasteiger partial charge in [0.1, 0.15) is 11.4 Å². The maximum atomic E-state index is 11.9. The summed E-state index contributed by atoms with van der Waals surface area (Å²) in [5.41, 5.74) is 4.24. The minimum absolute atomic E-state index is 0.105. The number of nitrogens with zero attached hydrogens (tertiary/aromatic N) is 3. The summed E-state index contributed by atoms with van der Waals surface area (Å²) in [6.45, 7) is 5.71. The van der Waals surface area contributed by atoms with Crippen LogP contribution in [0.5, 0.6) is 11.5 Å². The van der Waals surface area contributed by atoms with E-state index in [4.69, 9.17) is 4.74 Å². The molecule has 0 radical (unpaired) electrons. The fourth-order valence-electron chi connectivity index (χ4n) is 3.93. The topological polar surface area (TPSA) is 85.0 Å². The van der Waals surface area contributed by atoms with Crippen LogP contribution in [0.1, 0.15) is 59.3 Å². The van der Waals surface area contributed by atoms with Crippen LogP contribution >= 0.6 is 0 Å². The van der Waals surface area contributed by atoms with Crippen LogP contribution in [0, 0.1) is 32.1 Å². The van der Waals surface area contributed by atoms with Crippen molar-refractivity contribution in [3.63, 3.8) is 0 Å². The molecule has 2 heterocycles. The molecule has 1 atom stereocenters. The SMILES string of the molecule is Cc1cc(Oc2c(C)nn(C3CCS(=O)(=O)C3)c2C2CC2)cc(C)c1C#N. The van der Waals surface area contributed by atoms with E-state index in [1.165, 1.54) is 0 Å². The second-order valence-corrected chi connectivity index (χ2v) is 9.95. The van der Waals surface area contributed by atoms with Crippen LogP contribution in [0.2, 0.25) is 0 Å². The monoisotopic (exact) mass is 385 g/mol. The van der Waals surface area contributed by atoms with Gasteiger partial charge in [0.25, 0.3) is 0 Å². The van der Waals surface area contributed by atoms with Gasteiger partial charge in [-0.05, 0) is 63.3 Å². The van der Waals surface area contributed by atoms with Gasteiger partial charge in [0.15, 0.2) is 15.6 Å². The standard InChI is InChI=1S/C20H23N3O3S/c1-12-8-17(9-13(2)18(12)10-21)26-20-14(3)22-23(19(20)15-4-5-15)16-6-7-27(24,25)11-16/h8-9,15-16H,4-7,11H2,1-3H3. The number of hydrogen-bond donors (Lipinski definition) is 0. The lowest BCUT2D eigenvalue weighted by Gasteiger charge is -2.15. The molecule has 2 fully saturated rings. The van der Waals surface area contributed by atoms with Gasteiger partial charge in [-0.15, -0.1) is 0 Å². The van der Waals surface area contributed by atoms with Crippen molar-refractivity contribution in [2.24, 2.45) is 0 Å². The normalized spacial score (nSPS) is 21.2. The molecular formula is C20H23N3O3S. The van der Waals surface area contributed by atoms with Crippen LogP contribution in [0.25, 0.3) is 0 Å². The molecule has 1 aromatic heterocycles. The Labute approximate surface area is 159 Å². The van der Waals surface area contributed by atoms with Gasteiger partial charge in [0.2, 0.25) is 0 Å². The van der Waals surface area contributed by atoms with E-state index in [1.807, 2.05) is 37.6 Å². The van der Waals surface area contributed by atoms with Gasteiger partial charge in [-0.2, -0.15) is 10.4 Å². The highest BCUT2D eigenvalue weighted by Gasteiger charge is 2.38. The summed E-state index contributed by atoms with van der Waals surface area (Å²) >= 11 is 0. The molecule has 1 aliphatic carbocycles. The minimum Gasteiger partial charge on any atom is -0.453 e. The number of sulfone groups is 1. The molecule has 1 unspecified atom stereocenters. The molecule has 1 saturated carbocycles. The smallest absolute Gasteiger partial charge is 0.171 e. The van der Waals surface area contributed by atoms with Crippen LogP contribution in [0.4, 0.5) is 0 Å². The lowest BCUT2D eigenvalue weighted by atomic mass is 10.0. The maximum absolute atomic E-state index is 11.9. The summed E-state index contributed by atoms with van der Waals surface area (Å²) in [5.74, 6) is 2.19. The average Bonchev–Trinajstić information content (AvgIpc) is 3.28. The average molecular weight is 385 g/mol. The van der Waals surface area contributed by atoms with E-state index in [1.54, 1.807) is 0 Å². The van der Waals surface area contributed by atoms with Crippen molar-refractivity contribution in [1.29, 1.82) is 5.26 Å². The Bertz CT molecular complexity index is 1040. The van der Waals surface area contributed by atoms with E-state index >= 15 is 0 Å². The fraction of sp³-hybridized carbons (Fsp3) is 0.500. The molecular weight excluding hydrogens is 362 g/mol. The summed E-state index contributed by atoms with van der Waals surface area (Å²) < 4.78 is 32.0. The van der Waals surface area contributed by atoms with Gasteiger partial charge in [-0.3, -0.25) is 4.68 Å². The number of aromatic nitrogens is 2. The highest BCUT2D eigenvalue weighted by molar-refractivity contribution is 7.91. The molecule has 142 valence electrons. The quantitative estimate of drug-likeness (QED) is 0.801. The van der Waals surface area contributed by atoms with E-state index < -0.39 is 9.84 Å². The largest absolute Gasteiger partial charge is 0.453 e. The summed E-state index contributed by atoms with van der Waals surface area (Å²) in [6, 6.07) is 5.87. The van der Waals surface area contributed by atoms with Crippen LogP contribution in [0.15, 0.2) is 12.1 Å². The fourth-order valence-corrected chi connectivity index (χ4v) is 5.62. The van der Waals surface area contributed by atoms with Gasteiger partial charge < -0.3 is 4.74 Å². The Morgan fingerprint density at radius 3 is 2.37 bits per heavy atom. The zero-order valence-electron chi connectivity index (χ0n) is 15.8. The molecule has 2 aromatic rings. The molecule has 1 aromatic carbocycles. The molecule has 1 saturated heterocycles. The molecule has 0 bridgehead atoms. The van der Waals surface area contributed by atoms with Crippen molar-refractivity contribution in [3.05, 3.63) is 40.2 Å². The highest BCUT2D eigenvalue weighted by atomic mass is 32.2. The first-order valence-electron chi connectivity index (χ1n) is 9.27. The number of rotatable bonds is 4. The van der Waals surface area contributed by atoms with Crippen molar-refractivity contribution in [1.82, 2.24) is 9.78 Å². The Hall–Kier alpha value is -2.33. The van der Waals surface area contributed by atoms with Gasteiger partial charge >= 0.3 is 0 Å². The number of hydrogen-bond acceptors (Lipinski definition) is 5. The van der Waals surface area contributed by atoms with Gasteiger partial charge in [0, 0.05) is 5.92 Å². The summed E-state index contributed by atoms with van der Waals surface area (Å²) in [4.78, 5) is 0. The Balaban J connectivity index is 1.73. The van der Waals surface area contributed by atoms with E-state index in [2.05, 4.69) is 11.2 Å². The molecule has 6 nitrogen and oxygen atoms in total. The second-order valence-electron chi connectivity index (χ2n) is 7.72. The lowest BCUT2D eigenvalue weighted by molar-refractivity contribution is 0.452. The van der Waals surface area contributed by atoms with E-state index in [-0.39, 0.29) is 17.5 Å². The second kappa shape index (κ2) is 6.38. The Morgan fingerprint density at radius 1 is 1.19 bits per heavy atom. The van der Waals surface area contributed by atoms with Crippen LogP contribution < -0.4 is 4.74 Å². The molecule has 0 amide bonds. The predicted molar refractivity (Wildman–Crippen MR) is 102 cm³/mol. The van der Waals surface area contributed by atoms with E-state index in [0.29, 0.717) is 23.7 Å². The first kappa shape index (κ1) is 18.1. The first-order valence-corrected chi connectivity index (χ1v) is 11.1. The highest BCUT2D eigenvalue weighted by Crippen LogP contribution is 2.48. The molecule has 7 heteroatoms. The number of aryl methyl sites for hydroxylation is 3. The Morgan fingerprint density at radius 2 is 1.85 bits per heavy atom. The summed E-state index contributed by atoms with van der Waals surface area (Å²) in [7, 11) is -2.98. The van der Waals surface area contributed by atoms with Crippen LogP contribution in [0.3, 0.4) is 0 Å². The number of benzene rings is 1. The third kappa shape index (κ3) is 3.34. The Kier molecular flexibility index (Phi) is 4.26. The van der Waals surface area contributed by atoms with Gasteiger partial charge in [-0.25, -0.2) is 8.42 Å². The van der Waals surface area contributed by atoms with Crippen LogP contribution in [-0.4, -0.2) is 29.7 Å². The maximum Gasteiger partial charge on any atom is 0.171 e. The van der Waals surface area contributed by atoms with Crippen molar-refractivity contribution in [2.75, 3.05) is 11.5 Å². The van der Waals surface area contributed by atoms with E-state index in [9.17, 15) is 13.7 Å². The third-order valence-electron chi connectivity index (χ3n) is 5.42. The number of nitriles is 1. The molecule has 1 aliphatic heterocycles. The van der Waals surface area contributed by atoms with Crippen molar-refractivity contribution in [3.8, 4) is 17.6 Å². The van der Waals surface area contributed by atoms with Gasteiger partial charge in [0.05, 0.1) is 34.9 Å². The molecule has 2 aliphatic rings. The zero-order chi connectivity index (χ0) is 19.3. The van der Waals surface area contributed by atoms with Crippen molar-refractivity contribution < 1.29 is 13.2 Å². The van der Waals surface area contributed by atoms with Crippen molar-refractivity contribution in [2.45, 2.75) is 52.0 Å². The number of ether oxygens (including phenoxy) is 1. The molecule has 4 rings (SSSR count). The zero-order valence-corrected chi connectivity index (χ0v) is 16.6. The lowest BCUT2D eigenvalue weighted by Crippen LogP contribution is -2.15. The minimum atomic E-state index is -2.98. The van der Waals surface area contributed by atoms with Crippen molar-refractivity contribution >= 4 is 9.84 Å². The summed E-state index contributed by atoms with van der Waals surface area (Å²) in [6.07, 6.45) is 2.76. The molecule has 27 heavy (non-hydrogen) atoms.